The van der Waals surface area contributed by atoms with Crippen molar-refractivity contribution in [2.45, 2.75) is 0 Å². The van der Waals surface area contributed by atoms with E-state index in [1.54, 1.807) is 18.2 Å². The molecule has 98 valence electrons. The van der Waals surface area contributed by atoms with Gasteiger partial charge in [-0.1, -0.05) is 6.07 Å². The molecule has 1 aromatic carbocycles. The number of fused-ring (bicyclic) bond motifs is 1. The summed E-state index contributed by atoms with van der Waals surface area (Å²) in [5.41, 5.74) is 1.01. The van der Waals surface area contributed by atoms with Gasteiger partial charge in [-0.3, -0.25) is 0 Å². The van der Waals surface area contributed by atoms with Gasteiger partial charge in [0.2, 0.25) is 0 Å². The van der Waals surface area contributed by atoms with Crippen LogP contribution in [0.1, 0.15) is 10.4 Å². The Hall–Kier alpha value is -2.14. The fourth-order valence-corrected chi connectivity index (χ4v) is 2.31. The monoisotopic (exact) mass is 257 g/mol. The van der Waals surface area contributed by atoms with Crippen LogP contribution in [0.15, 0.2) is 30.3 Å². The Labute approximate surface area is 110 Å². The average molecular weight is 257 g/mol. The second-order valence-electron chi connectivity index (χ2n) is 4.62. The summed E-state index contributed by atoms with van der Waals surface area (Å²) in [6.45, 7) is 3.76. The summed E-state index contributed by atoms with van der Waals surface area (Å²) < 4.78 is 0. The third kappa shape index (κ3) is 2.37. The predicted molar refractivity (Wildman–Crippen MR) is 73.8 cm³/mol. The number of rotatable bonds is 2. The van der Waals surface area contributed by atoms with E-state index in [0.29, 0.717) is 0 Å². The molecule has 1 aliphatic heterocycles. The van der Waals surface area contributed by atoms with E-state index in [9.17, 15) is 4.79 Å². The number of hydrogen-bond donors (Lipinski definition) is 2. The molecule has 1 aromatic heterocycles. The molecule has 0 bridgehead atoms. The van der Waals surface area contributed by atoms with Crippen LogP contribution < -0.4 is 10.2 Å². The molecule has 0 spiro atoms. The van der Waals surface area contributed by atoms with Crippen LogP contribution in [0.5, 0.6) is 0 Å². The first-order chi connectivity index (χ1) is 9.24. The van der Waals surface area contributed by atoms with Crippen molar-refractivity contribution in [3.63, 3.8) is 0 Å². The van der Waals surface area contributed by atoms with Gasteiger partial charge in [0.15, 0.2) is 0 Å². The number of carboxylic acids is 1. The molecule has 2 heterocycles. The number of pyridine rings is 1. The zero-order valence-electron chi connectivity index (χ0n) is 10.5. The van der Waals surface area contributed by atoms with Crippen molar-refractivity contribution < 1.29 is 9.90 Å². The van der Waals surface area contributed by atoms with Crippen LogP contribution in [-0.4, -0.2) is 42.2 Å². The van der Waals surface area contributed by atoms with E-state index in [4.69, 9.17) is 5.11 Å². The van der Waals surface area contributed by atoms with Gasteiger partial charge in [-0.05, 0) is 24.3 Å². The Balaban J connectivity index is 2.00. The molecular weight excluding hydrogens is 242 g/mol. The molecule has 2 N–H and O–H groups in total. The topological polar surface area (TPSA) is 65.5 Å². The van der Waals surface area contributed by atoms with Gasteiger partial charge in [-0.25, -0.2) is 9.78 Å². The largest absolute Gasteiger partial charge is 0.478 e. The molecular formula is C14H15N3O2. The summed E-state index contributed by atoms with van der Waals surface area (Å²) in [6, 6.07) is 9.02. The summed E-state index contributed by atoms with van der Waals surface area (Å²) in [6.07, 6.45) is 0. The molecule has 1 saturated heterocycles. The highest BCUT2D eigenvalue weighted by Gasteiger charge is 2.12. The number of anilines is 1. The molecule has 1 aliphatic rings. The van der Waals surface area contributed by atoms with Crippen LogP contribution in [0.2, 0.25) is 0 Å². The lowest BCUT2D eigenvalue weighted by Gasteiger charge is -2.28. The SMILES string of the molecule is O=C(O)c1ccc2ccc(N3CCNCC3)nc2c1. The van der Waals surface area contributed by atoms with Crippen molar-refractivity contribution in [1.82, 2.24) is 10.3 Å². The zero-order chi connectivity index (χ0) is 13.2. The summed E-state index contributed by atoms with van der Waals surface area (Å²) in [4.78, 5) is 17.8. The van der Waals surface area contributed by atoms with E-state index in [0.717, 1.165) is 42.9 Å². The molecule has 0 saturated carbocycles. The Morgan fingerprint density at radius 2 is 1.95 bits per heavy atom. The lowest BCUT2D eigenvalue weighted by Crippen LogP contribution is -2.43. The second-order valence-corrected chi connectivity index (χ2v) is 4.62. The summed E-state index contributed by atoms with van der Waals surface area (Å²) >= 11 is 0. The van der Waals surface area contributed by atoms with Gasteiger partial charge in [0.05, 0.1) is 11.1 Å². The van der Waals surface area contributed by atoms with Crippen LogP contribution >= 0.6 is 0 Å². The number of carbonyl (C=O) groups is 1. The van der Waals surface area contributed by atoms with Crippen molar-refractivity contribution in [1.29, 1.82) is 0 Å². The van der Waals surface area contributed by atoms with Gasteiger partial charge < -0.3 is 15.3 Å². The van der Waals surface area contributed by atoms with Gasteiger partial charge in [-0.2, -0.15) is 0 Å². The molecule has 0 amide bonds. The Bertz CT molecular complexity index is 621. The number of hydrogen-bond acceptors (Lipinski definition) is 4. The number of aromatic carboxylic acids is 1. The van der Waals surface area contributed by atoms with Crippen LogP contribution in [-0.2, 0) is 0 Å². The summed E-state index contributed by atoms with van der Waals surface area (Å²) in [5.74, 6) is -0.00665. The average Bonchev–Trinajstić information content (AvgIpc) is 2.47. The van der Waals surface area contributed by atoms with E-state index in [1.807, 2.05) is 12.1 Å². The number of nitrogens with zero attached hydrogens (tertiary/aromatic N) is 2. The maximum absolute atomic E-state index is 11.0. The first-order valence-corrected chi connectivity index (χ1v) is 6.34. The minimum Gasteiger partial charge on any atom is -0.478 e. The van der Waals surface area contributed by atoms with Gasteiger partial charge in [0.25, 0.3) is 0 Å². The minimum atomic E-state index is -0.920. The van der Waals surface area contributed by atoms with Crippen LogP contribution in [0, 0.1) is 0 Å². The van der Waals surface area contributed by atoms with Gasteiger partial charge in [0, 0.05) is 31.6 Å². The van der Waals surface area contributed by atoms with Crippen LogP contribution in [0.25, 0.3) is 10.9 Å². The smallest absolute Gasteiger partial charge is 0.335 e. The molecule has 0 aliphatic carbocycles. The van der Waals surface area contributed by atoms with Gasteiger partial charge >= 0.3 is 5.97 Å². The third-order valence-electron chi connectivity index (χ3n) is 3.37. The summed E-state index contributed by atoms with van der Waals surface area (Å²) in [7, 11) is 0. The fraction of sp³-hybridized carbons (Fsp3) is 0.286. The van der Waals surface area contributed by atoms with Crippen molar-refractivity contribution in [3.8, 4) is 0 Å². The number of nitrogens with one attached hydrogen (secondary N) is 1. The first-order valence-electron chi connectivity index (χ1n) is 6.34. The van der Waals surface area contributed by atoms with E-state index in [1.165, 1.54) is 0 Å². The lowest BCUT2D eigenvalue weighted by atomic mass is 10.1. The highest BCUT2D eigenvalue weighted by Crippen LogP contribution is 2.19. The quantitative estimate of drug-likeness (QED) is 0.850. The molecule has 1 fully saturated rings. The highest BCUT2D eigenvalue weighted by atomic mass is 16.4. The number of carboxylic acid groups (broad SMARTS) is 1. The molecule has 3 rings (SSSR count). The molecule has 19 heavy (non-hydrogen) atoms. The normalized spacial score (nSPS) is 15.7. The Morgan fingerprint density at radius 3 is 2.68 bits per heavy atom. The number of benzene rings is 1. The molecule has 0 radical (unpaired) electrons. The standard InChI is InChI=1S/C14H15N3O2/c18-14(19)11-2-1-10-3-4-13(16-12(10)9-11)17-7-5-15-6-8-17/h1-4,9,15H,5-8H2,(H,18,19). The highest BCUT2D eigenvalue weighted by molar-refractivity contribution is 5.93. The van der Waals surface area contributed by atoms with E-state index in [-0.39, 0.29) is 5.56 Å². The Morgan fingerprint density at radius 1 is 1.21 bits per heavy atom. The number of piperazine rings is 1. The maximum atomic E-state index is 11.0. The molecule has 0 unspecified atom stereocenters. The van der Waals surface area contributed by atoms with E-state index < -0.39 is 5.97 Å². The predicted octanol–water partition coefficient (Wildman–Crippen LogP) is 1.34. The van der Waals surface area contributed by atoms with Crippen molar-refractivity contribution in [2.75, 3.05) is 31.1 Å². The summed E-state index contributed by atoms with van der Waals surface area (Å²) in [5, 5.41) is 13.3. The fourth-order valence-electron chi connectivity index (χ4n) is 2.31. The Kier molecular flexibility index (Phi) is 3.05. The second kappa shape index (κ2) is 4.85. The first kappa shape index (κ1) is 11.9. The van der Waals surface area contributed by atoms with Crippen molar-refractivity contribution in [2.24, 2.45) is 0 Å². The zero-order valence-corrected chi connectivity index (χ0v) is 10.5. The number of aromatic nitrogens is 1. The minimum absolute atomic E-state index is 0.275. The van der Waals surface area contributed by atoms with Crippen molar-refractivity contribution >= 4 is 22.7 Å². The maximum Gasteiger partial charge on any atom is 0.335 e. The lowest BCUT2D eigenvalue weighted by molar-refractivity contribution is 0.0697. The third-order valence-corrected chi connectivity index (χ3v) is 3.37. The van der Waals surface area contributed by atoms with Crippen LogP contribution in [0.4, 0.5) is 5.82 Å². The molecule has 5 heteroatoms. The van der Waals surface area contributed by atoms with E-state index in [2.05, 4.69) is 15.2 Å². The van der Waals surface area contributed by atoms with Crippen LogP contribution in [0.3, 0.4) is 0 Å². The molecule has 5 nitrogen and oxygen atoms in total. The van der Waals surface area contributed by atoms with Gasteiger partial charge in [0.1, 0.15) is 5.82 Å². The molecule has 2 aromatic rings. The van der Waals surface area contributed by atoms with Crippen molar-refractivity contribution in [3.05, 3.63) is 35.9 Å². The molecule has 0 atom stereocenters. The van der Waals surface area contributed by atoms with E-state index >= 15 is 0 Å². The van der Waals surface area contributed by atoms with Gasteiger partial charge in [-0.15, -0.1) is 0 Å².